The molecule has 1 N–H and O–H groups in total. The fourth-order valence-electron chi connectivity index (χ4n) is 2.49. The van der Waals surface area contributed by atoms with E-state index in [4.69, 9.17) is 34.8 Å². The van der Waals surface area contributed by atoms with E-state index in [2.05, 4.69) is 10.4 Å². The van der Waals surface area contributed by atoms with Crippen molar-refractivity contribution >= 4 is 57.2 Å². The Kier molecular flexibility index (Phi) is 4.99. The van der Waals surface area contributed by atoms with E-state index < -0.39 is 0 Å². The zero-order chi connectivity index (χ0) is 18.1. The Hall–Kier alpha value is -2.08. The maximum Gasteiger partial charge on any atom is 0.274 e. The van der Waals surface area contributed by atoms with Crippen molar-refractivity contribution in [2.24, 2.45) is 7.05 Å². The van der Waals surface area contributed by atoms with E-state index in [0.29, 0.717) is 22.2 Å². The van der Waals surface area contributed by atoms with Crippen molar-refractivity contribution in [1.82, 2.24) is 9.78 Å². The molecule has 3 aromatic rings. The van der Waals surface area contributed by atoms with Gasteiger partial charge in [-0.2, -0.15) is 5.10 Å². The summed E-state index contributed by atoms with van der Waals surface area (Å²) >= 11 is 17.8. The van der Waals surface area contributed by atoms with Crippen molar-refractivity contribution < 1.29 is 4.79 Å². The number of carbonyl (C=O) groups is 1. The summed E-state index contributed by atoms with van der Waals surface area (Å²) in [6, 6.07) is 10.1. The molecule has 0 aliphatic rings. The van der Waals surface area contributed by atoms with Crippen LogP contribution in [0, 0.1) is 0 Å². The van der Waals surface area contributed by atoms with Crippen LogP contribution in [0.1, 0.15) is 5.69 Å². The number of aromatic nitrogens is 2. The van der Waals surface area contributed by atoms with Crippen LogP contribution >= 0.6 is 34.8 Å². The number of benzene rings is 2. The summed E-state index contributed by atoms with van der Waals surface area (Å²) in [5, 5.41) is 8.79. The van der Waals surface area contributed by atoms with Gasteiger partial charge in [0.15, 0.2) is 0 Å². The van der Waals surface area contributed by atoms with E-state index in [9.17, 15) is 9.59 Å². The molecule has 0 spiro atoms. The van der Waals surface area contributed by atoms with Gasteiger partial charge in [0.1, 0.15) is 0 Å². The molecule has 5 nitrogen and oxygen atoms in total. The van der Waals surface area contributed by atoms with Crippen molar-refractivity contribution in [2.75, 3.05) is 5.32 Å². The van der Waals surface area contributed by atoms with Crippen LogP contribution < -0.4 is 10.9 Å². The average Bonchev–Trinajstić information content (AvgIpc) is 2.57. The molecule has 25 heavy (non-hydrogen) atoms. The molecule has 0 aliphatic heterocycles. The number of aryl methyl sites for hydroxylation is 1. The third-order valence-corrected chi connectivity index (χ3v) is 4.83. The Morgan fingerprint density at radius 3 is 2.36 bits per heavy atom. The summed E-state index contributed by atoms with van der Waals surface area (Å²) < 4.78 is 1.22. The number of rotatable bonds is 3. The van der Waals surface area contributed by atoms with E-state index in [1.807, 2.05) is 0 Å². The average molecular weight is 397 g/mol. The lowest BCUT2D eigenvalue weighted by Gasteiger charge is -2.10. The summed E-state index contributed by atoms with van der Waals surface area (Å²) in [5.74, 6) is -0.314. The van der Waals surface area contributed by atoms with Crippen molar-refractivity contribution in [3.8, 4) is 0 Å². The molecule has 1 aromatic heterocycles. The zero-order valence-corrected chi connectivity index (χ0v) is 15.3. The monoisotopic (exact) mass is 395 g/mol. The third kappa shape index (κ3) is 3.63. The second kappa shape index (κ2) is 7.04. The second-order valence-corrected chi connectivity index (χ2v) is 6.59. The van der Waals surface area contributed by atoms with Crippen molar-refractivity contribution in [3.05, 3.63) is 67.5 Å². The minimum absolute atomic E-state index is 0.00744. The molecular weight excluding hydrogens is 385 g/mol. The Morgan fingerprint density at radius 1 is 1.12 bits per heavy atom. The standard InChI is InChI=1S/C17H12Cl3N3O2/c1-23-17(25)11-5-3-2-4-10(11)14(22-23)8-15(24)21-9-6-12(18)16(20)13(19)7-9/h2-7H,8H2,1H3,(H,21,24). The molecule has 3 rings (SSSR count). The SMILES string of the molecule is Cn1nc(CC(=O)Nc2cc(Cl)c(Cl)c(Cl)c2)c2ccccc2c1=O. The number of carbonyl (C=O) groups excluding carboxylic acids is 1. The van der Waals surface area contributed by atoms with Gasteiger partial charge in [0.05, 0.1) is 32.6 Å². The number of nitrogens with zero attached hydrogens (tertiary/aromatic N) is 2. The maximum absolute atomic E-state index is 12.4. The third-order valence-electron chi connectivity index (χ3n) is 3.63. The molecule has 0 unspecified atom stereocenters. The van der Waals surface area contributed by atoms with Crippen LogP contribution in [-0.2, 0) is 18.3 Å². The minimum atomic E-state index is -0.314. The molecular formula is C17H12Cl3N3O2. The first-order chi connectivity index (χ1) is 11.9. The van der Waals surface area contributed by atoms with Crippen LogP contribution in [0.3, 0.4) is 0 Å². The molecule has 0 bridgehead atoms. The van der Waals surface area contributed by atoms with E-state index in [1.165, 1.54) is 16.8 Å². The van der Waals surface area contributed by atoms with Gasteiger partial charge < -0.3 is 5.32 Å². The van der Waals surface area contributed by atoms with Crippen LogP contribution in [0.5, 0.6) is 0 Å². The molecule has 0 saturated heterocycles. The Balaban J connectivity index is 1.90. The largest absolute Gasteiger partial charge is 0.326 e. The van der Waals surface area contributed by atoms with Gasteiger partial charge in [-0.05, 0) is 18.2 Å². The molecule has 0 radical (unpaired) electrons. The Labute approximate surface area is 158 Å². The molecule has 0 saturated carbocycles. The molecule has 1 heterocycles. The lowest BCUT2D eigenvalue weighted by Crippen LogP contribution is -2.24. The van der Waals surface area contributed by atoms with Gasteiger partial charge in [-0.1, -0.05) is 53.0 Å². The van der Waals surface area contributed by atoms with Gasteiger partial charge in [-0.25, -0.2) is 4.68 Å². The summed E-state index contributed by atoms with van der Waals surface area (Å²) in [6.45, 7) is 0. The van der Waals surface area contributed by atoms with Crippen LogP contribution in [0.15, 0.2) is 41.2 Å². The van der Waals surface area contributed by atoms with Crippen molar-refractivity contribution in [2.45, 2.75) is 6.42 Å². The summed E-state index contributed by atoms with van der Waals surface area (Å²) in [4.78, 5) is 24.5. The molecule has 8 heteroatoms. The number of hydrogen-bond acceptors (Lipinski definition) is 3. The van der Waals surface area contributed by atoms with Crippen molar-refractivity contribution in [1.29, 1.82) is 0 Å². The normalized spacial score (nSPS) is 10.9. The first-order valence-electron chi connectivity index (χ1n) is 7.26. The number of nitrogens with one attached hydrogen (secondary N) is 1. The number of anilines is 1. The highest BCUT2D eigenvalue weighted by Gasteiger charge is 2.14. The van der Waals surface area contributed by atoms with Crippen LogP contribution in [0.25, 0.3) is 10.8 Å². The van der Waals surface area contributed by atoms with Crippen LogP contribution in [0.4, 0.5) is 5.69 Å². The van der Waals surface area contributed by atoms with Gasteiger partial charge in [0.25, 0.3) is 5.56 Å². The number of hydrogen-bond donors (Lipinski definition) is 1. The zero-order valence-electron chi connectivity index (χ0n) is 13.0. The lowest BCUT2D eigenvalue weighted by molar-refractivity contribution is -0.115. The fourth-order valence-corrected chi connectivity index (χ4v) is 3.09. The maximum atomic E-state index is 12.4. The van der Waals surface area contributed by atoms with E-state index >= 15 is 0 Å². The van der Waals surface area contributed by atoms with Crippen LogP contribution in [-0.4, -0.2) is 15.7 Å². The van der Waals surface area contributed by atoms with E-state index in [-0.39, 0.29) is 33.0 Å². The molecule has 2 aromatic carbocycles. The van der Waals surface area contributed by atoms with Crippen molar-refractivity contribution in [3.63, 3.8) is 0 Å². The molecule has 0 aliphatic carbocycles. The van der Waals surface area contributed by atoms with Gasteiger partial charge in [0.2, 0.25) is 5.91 Å². The number of fused-ring (bicyclic) bond motifs is 1. The Morgan fingerprint density at radius 2 is 1.72 bits per heavy atom. The predicted molar refractivity (Wildman–Crippen MR) is 101 cm³/mol. The van der Waals surface area contributed by atoms with Gasteiger partial charge in [0, 0.05) is 18.1 Å². The minimum Gasteiger partial charge on any atom is -0.326 e. The predicted octanol–water partition coefficient (Wildman–Crippen LogP) is 4.07. The van der Waals surface area contributed by atoms with Crippen LogP contribution in [0.2, 0.25) is 15.1 Å². The fraction of sp³-hybridized carbons (Fsp3) is 0.118. The van der Waals surface area contributed by atoms with E-state index in [0.717, 1.165) is 0 Å². The summed E-state index contributed by atoms with van der Waals surface area (Å²) in [7, 11) is 1.55. The Bertz CT molecular complexity index is 1020. The molecule has 0 atom stereocenters. The van der Waals surface area contributed by atoms with Gasteiger partial charge in [-0.3, -0.25) is 9.59 Å². The topological polar surface area (TPSA) is 64.0 Å². The summed E-state index contributed by atoms with van der Waals surface area (Å²) in [6.07, 6.45) is -0.00744. The van der Waals surface area contributed by atoms with E-state index in [1.54, 1.807) is 31.3 Å². The van der Waals surface area contributed by atoms with Gasteiger partial charge >= 0.3 is 0 Å². The molecule has 128 valence electrons. The quantitative estimate of drug-likeness (QED) is 0.679. The second-order valence-electron chi connectivity index (χ2n) is 5.40. The highest BCUT2D eigenvalue weighted by Crippen LogP contribution is 2.33. The lowest BCUT2D eigenvalue weighted by atomic mass is 10.1. The van der Waals surface area contributed by atoms with Gasteiger partial charge in [-0.15, -0.1) is 0 Å². The molecule has 1 amide bonds. The first-order valence-corrected chi connectivity index (χ1v) is 8.39. The summed E-state index contributed by atoms with van der Waals surface area (Å²) in [5.41, 5.74) is 0.718. The number of halogens is 3. The number of amides is 1. The highest BCUT2D eigenvalue weighted by atomic mass is 35.5. The smallest absolute Gasteiger partial charge is 0.274 e. The first kappa shape index (κ1) is 17.7. The highest BCUT2D eigenvalue weighted by molar-refractivity contribution is 6.48. The molecule has 0 fully saturated rings.